The Bertz CT molecular complexity index is 819. The lowest BCUT2D eigenvalue weighted by Crippen LogP contribution is -2.30. The van der Waals surface area contributed by atoms with Crippen LogP contribution in [-0.4, -0.2) is 33.7 Å². The molecule has 1 aromatic heterocycles. The molecule has 4 nitrogen and oxygen atoms in total. The first kappa shape index (κ1) is 20.0. The number of amides is 1. The highest BCUT2D eigenvalue weighted by atomic mass is 35.5. The summed E-state index contributed by atoms with van der Waals surface area (Å²) in [5.74, 6) is -0.0581. The smallest absolute Gasteiger partial charge is 0.246 e. The molecule has 1 amide bonds. The van der Waals surface area contributed by atoms with E-state index in [9.17, 15) is 4.79 Å². The highest BCUT2D eigenvalue weighted by Gasteiger charge is 2.13. The number of halogens is 1. The van der Waals surface area contributed by atoms with E-state index in [1.54, 1.807) is 21.7 Å². The van der Waals surface area contributed by atoms with Gasteiger partial charge < -0.3 is 4.90 Å². The van der Waals surface area contributed by atoms with Crippen molar-refractivity contribution in [2.75, 3.05) is 13.1 Å². The van der Waals surface area contributed by atoms with E-state index >= 15 is 0 Å². The third kappa shape index (κ3) is 5.09. The fraction of sp³-hybridized carbons (Fsp3) is 0.333. The van der Waals surface area contributed by atoms with Crippen LogP contribution >= 0.6 is 11.6 Å². The molecule has 0 aliphatic heterocycles. The van der Waals surface area contributed by atoms with Gasteiger partial charge >= 0.3 is 0 Å². The number of likely N-dealkylation sites (N-methyl/N-ethyl adjacent to an activating group) is 1. The molecule has 0 saturated carbocycles. The lowest BCUT2D eigenvalue weighted by molar-refractivity contribution is -0.125. The lowest BCUT2D eigenvalue weighted by atomic mass is 10.1. The van der Waals surface area contributed by atoms with Crippen LogP contribution in [0.5, 0.6) is 0 Å². The molecule has 0 aliphatic carbocycles. The molecule has 0 bridgehead atoms. The van der Waals surface area contributed by atoms with Crippen molar-refractivity contribution in [3.8, 4) is 0 Å². The van der Waals surface area contributed by atoms with Gasteiger partial charge in [0.2, 0.25) is 5.91 Å². The van der Waals surface area contributed by atoms with Crippen LogP contribution in [0.2, 0.25) is 5.15 Å². The summed E-state index contributed by atoms with van der Waals surface area (Å²) in [5.41, 5.74) is 4.88. The van der Waals surface area contributed by atoms with E-state index in [4.69, 9.17) is 11.6 Å². The van der Waals surface area contributed by atoms with Gasteiger partial charge in [-0.2, -0.15) is 5.10 Å². The van der Waals surface area contributed by atoms with Crippen molar-refractivity contribution in [3.05, 3.63) is 70.0 Å². The first-order valence-electron chi connectivity index (χ1n) is 8.71. The predicted octanol–water partition coefficient (Wildman–Crippen LogP) is 4.64. The molecule has 5 heteroatoms. The largest absolute Gasteiger partial charge is 0.335 e. The number of aryl methyl sites for hydroxylation is 2. The summed E-state index contributed by atoms with van der Waals surface area (Å²) in [6.45, 7) is 13.5. The molecule has 0 saturated heterocycles. The quantitative estimate of drug-likeness (QED) is 0.525. The average molecular weight is 372 g/mol. The van der Waals surface area contributed by atoms with E-state index in [0.29, 0.717) is 24.8 Å². The summed E-state index contributed by atoms with van der Waals surface area (Å²) in [7, 11) is 0. The minimum atomic E-state index is -0.0581. The summed E-state index contributed by atoms with van der Waals surface area (Å²) in [6.07, 6.45) is 3.30. The van der Waals surface area contributed by atoms with Crippen molar-refractivity contribution in [1.29, 1.82) is 0 Å². The first-order chi connectivity index (χ1) is 12.3. The number of nitrogens with zero attached hydrogens (tertiary/aromatic N) is 3. The summed E-state index contributed by atoms with van der Waals surface area (Å²) in [5, 5.41) is 5.05. The highest BCUT2D eigenvalue weighted by molar-refractivity contribution is 6.31. The molecule has 1 aromatic carbocycles. The van der Waals surface area contributed by atoms with Gasteiger partial charge in [0.05, 0.1) is 12.2 Å². The zero-order chi connectivity index (χ0) is 19.3. The third-order valence-electron chi connectivity index (χ3n) is 4.11. The van der Waals surface area contributed by atoms with Gasteiger partial charge in [-0.3, -0.25) is 4.79 Å². The van der Waals surface area contributed by atoms with Crippen molar-refractivity contribution >= 4 is 23.6 Å². The Balaban J connectivity index is 2.17. The summed E-state index contributed by atoms with van der Waals surface area (Å²) in [4.78, 5) is 14.1. The minimum absolute atomic E-state index is 0.0581. The van der Waals surface area contributed by atoms with E-state index in [2.05, 4.69) is 42.9 Å². The maximum absolute atomic E-state index is 12.4. The molecular formula is C21H26ClN3O. The molecule has 0 spiro atoms. The predicted molar refractivity (Wildman–Crippen MR) is 108 cm³/mol. The Morgan fingerprint density at radius 2 is 1.96 bits per heavy atom. The average Bonchev–Trinajstić information content (AvgIpc) is 2.86. The second-order valence-corrected chi connectivity index (χ2v) is 6.93. The minimum Gasteiger partial charge on any atom is -0.335 e. The fourth-order valence-electron chi connectivity index (χ4n) is 2.66. The van der Waals surface area contributed by atoms with Gasteiger partial charge in [0.15, 0.2) is 0 Å². The Morgan fingerprint density at radius 3 is 2.54 bits per heavy atom. The van der Waals surface area contributed by atoms with Crippen LogP contribution in [0.1, 0.15) is 36.2 Å². The Kier molecular flexibility index (Phi) is 6.81. The van der Waals surface area contributed by atoms with Gasteiger partial charge in [-0.1, -0.05) is 53.6 Å². The van der Waals surface area contributed by atoms with Crippen molar-refractivity contribution in [1.82, 2.24) is 14.7 Å². The molecule has 0 fully saturated rings. The molecule has 2 rings (SSSR count). The molecule has 0 aliphatic rings. The van der Waals surface area contributed by atoms with Gasteiger partial charge in [-0.15, -0.1) is 0 Å². The molecule has 138 valence electrons. The molecular weight excluding hydrogens is 346 g/mol. The van der Waals surface area contributed by atoms with Crippen molar-refractivity contribution in [2.24, 2.45) is 0 Å². The molecule has 0 atom stereocenters. The van der Waals surface area contributed by atoms with Crippen LogP contribution in [0.3, 0.4) is 0 Å². The molecule has 0 N–H and O–H groups in total. The second-order valence-electron chi connectivity index (χ2n) is 6.58. The van der Waals surface area contributed by atoms with Crippen LogP contribution in [0, 0.1) is 13.8 Å². The Hall–Kier alpha value is -2.33. The van der Waals surface area contributed by atoms with Gasteiger partial charge in [0.25, 0.3) is 0 Å². The van der Waals surface area contributed by atoms with E-state index in [1.165, 1.54) is 5.56 Å². The normalized spacial score (nSPS) is 11.1. The number of benzene rings is 1. The summed E-state index contributed by atoms with van der Waals surface area (Å²) in [6, 6.07) is 8.27. The molecule has 2 aromatic rings. The number of carbonyl (C=O) groups is 1. The van der Waals surface area contributed by atoms with E-state index in [-0.39, 0.29) is 5.91 Å². The number of rotatable bonds is 7. The number of hydrogen-bond donors (Lipinski definition) is 0. The van der Waals surface area contributed by atoms with Crippen LogP contribution in [0.4, 0.5) is 0 Å². The maximum atomic E-state index is 12.4. The van der Waals surface area contributed by atoms with Crippen LogP contribution in [-0.2, 0) is 11.3 Å². The van der Waals surface area contributed by atoms with Gasteiger partial charge in [0, 0.05) is 24.7 Å². The summed E-state index contributed by atoms with van der Waals surface area (Å²) >= 11 is 6.50. The zero-order valence-corrected chi connectivity index (χ0v) is 16.7. The van der Waals surface area contributed by atoms with Crippen LogP contribution in [0.25, 0.3) is 6.08 Å². The molecule has 26 heavy (non-hydrogen) atoms. The topological polar surface area (TPSA) is 38.1 Å². The highest BCUT2D eigenvalue weighted by Crippen LogP contribution is 2.22. The van der Waals surface area contributed by atoms with Crippen molar-refractivity contribution < 1.29 is 4.79 Å². The van der Waals surface area contributed by atoms with Gasteiger partial charge in [-0.25, -0.2) is 4.68 Å². The van der Waals surface area contributed by atoms with Crippen molar-refractivity contribution in [2.45, 2.75) is 34.2 Å². The van der Waals surface area contributed by atoms with Crippen LogP contribution < -0.4 is 0 Å². The zero-order valence-electron chi connectivity index (χ0n) is 15.9. The molecule has 1 heterocycles. The summed E-state index contributed by atoms with van der Waals surface area (Å²) < 4.78 is 1.76. The monoisotopic (exact) mass is 371 g/mol. The SMILES string of the molecule is C=C(C)CN(CC)C(=O)C=Cc1c(C)nn(Cc2ccc(C)cc2)c1Cl. The number of aromatic nitrogens is 2. The standard InChI is InChI=1S/C21H26ClN3O/c1-6-24(13-15(2)3)20(26)12-11-19-17(5)23-25(21(19)22)14-18-9-7-16(4)8-10-18/h7-12H,2,6,13-14H2,1,3-5H3. The fourth-order valence-corrected chi connectivity index (χ4v) is 2.96. The van der Waals surface area contributed by atoms with E-state index in [1.807, 2.05) is 20.8 Å². The maximum Gasteiger partial charge on any atom is 0.246 e. The number of carbonyl (C=O) groups excluding carboxylic acids is 1. The van der Waals surface area contributed by atoms with Gasteiger partial charge in [0.1, 0.15) is 5.15 Å². The van der Waals surface area contributed by atoms with Gasteiger partial charge in [-0.05, 0) is 39.3 Å². The third-order valence-corrected chi connectivity index (χ3v) is 4.51. The number of hydrogen-bond acceptors (Lipinski definition) is 2. The molecule has 0 radical (unpaired) electrons. The first-order valence-corrected chi connectivity index (χ1v) is 9.09. The van der Waals surface area contributed by atoms with Crippen molar-refractivity contribution in [3.63, 3.8) is 0 Å². The van der Waals surface area contributed by atoms with E-state index < -0.39 is 0 Å². The lowest BCUT2D eigenvalue weighted by Gasteiger charge is -2.18. The molecule has 0 unspecified atom stereocenters. The second kappa shape index (κ2) is 8.86. The van der Waals surface area contributed by atoms with E-state index in [0.717, 1.165) is 22.4 Å². The Morgan fingerprint density at radius 1 is 1.31 bits per heavy atom. The van der Waals surface area contributed by atoms with Crippen LogP contribution in [0.15, 0.2) is 42.5 Å². The Labute approximate surface area is 160 Å².